The van der Waals surface area contributed by atoms with Gasteiger partial charge in [0.05, 0.1) is 0 Å². The van der Waals surface area contributed by atoms with Gasteiger partial charge in [-0.25, -0.2) is 0 Å². The normalized spacial score (nSPS) is 42.5. The fourth-order valence-corrected chi connectivity index (χ4v) is 6.36. The van der Waals surface area contributed by atoms with Gasteiger partial charge in [-0.2, -0.15) is 12.6 Å². The molecule has 5 atom stereocenters. The molecule has 23 heavy (non-hydrogen) atoms. The fourth-order valence-electron chi connectivity index (χ4n) is 6.08. The molecule has 0 bridgehead atoms. The minimum atomic E-state index is 0.239. The molecular formula is C21H36OS. The highest BCUT2D eigenvalue weighted by Crippen LogP contribution is 2.62. The maximum absolute atomic E-state index is 11.2. The van der Waals surface area contributed by atoms with Gasteiger partial charge in [0.15, 0.2) is 0 Å². The van der Waals surface area contributed by atoms with Gasteiger partial charge in [-0.05, 0) is 78.9 Å². The Kier molecular flexibility index (Phi) is 6.44. The second-order valence-electron chi connectivity index (χ2n) is 8.47. The van der Waals surface area contributed by atoms with Gasteiger partial charge < -0.3 is 0 Å². The van der Waals surface area contributed by atoms with Crippen molar-refractivity contribution in [3.05, 3.63) is 11.6 Å². The van der Waals surface area contributed by atoms with Gasteiger partial charge in [0.25, 0.3) is 0 Å². The van der Waals surface area contributed by atoms with Crippen molar-refractivity contribution in [1.29, 1.82) is 0 Å². The Balaban J connectivity index is 2.37. The first-order valence-electron chi connectivity index (χ1n) is 9.72. The lowest BCUT2D eigenvalue weighted by Crippen LogP contribution is -2.50. The Morgan fingerprint density at radius 3 is 2.57 bits per heavy atom. The van der Waals surface area contributed by atoms with Crippen molar-refractivity contribution in [1.82, 2.24) is 0 Å². The number of allylic oxidation sites excluding steroid dienone is 2. The molecule has 0 heterocycles. The molecule has 2 heteroatoms. The summed E-state index contributed by atoms with van der Waals surface area (Å²) in [6, 6.07) is 0. The number of hydrogen-bond donors (Lipinski definition) is 1. The Morgan fingerprint density at radius 1 is 1.26 bits per heavy atom. The highest BCUT2D eigenvalue weighted by Gasteiger charge is 2.53. The predicted molar refractivity (Wildman–Crippen MR) is 103 cm³/mol. The summed E-state index contributed by atoms with van der Waals surface area (Å²) < 4.78 is 0. The average Bonchev–Trinajstić information content (AvgIpc) is 2.53. The van der Waals surface area contributed by atoms with E-state index in [1.807, 2.05) is 6.08 Å². The first kappa shape index (κ1) is 19.1. The first-order chi connectivity index (χ1) is 11.0. The Hall–Kier alpha value is -0.240. The molecule has 2 fully saturated rings. The smallest absolute Gasteiger partial charge is 0.142 e. The monoisotopic (exact) mass is 336 g/mol. The van der Waals surface area contributed by atoms with Crippen molar-refractivity contribution in [3.63, 3.8) is 0 Å². The van der Waals surface area contributed by atoms with Crippen LogP contribution in [-0.4, -0.2) is 12.0 Å². The van der Waals surface area contributed by atoms with Gasteiger partial charge in [0, 0.05) is 0 Å². The molecule has 0 radical (unpaired) electrons. The average molecular weight is 337 g/mol. The van der Waals surface area contributed by atoms with E-state index in [9.17, 15) is 4.79 Å². The molecule has 2 aliphatic rings. The van der Waals surface area contributed by atoms with Crippen LogP contribution < -0.4 is 0 Å². The minimum absolute atomic E-state index is 0.239. The van der Waals surface area contributed by atoms with E-state index in [-0.39, 0.29) is 5.41 Å². The van der Waals surface area contributed by atoms with Gasteiger partial charge in [-0.3, -0.25) is 4.79 Å². The van der Waals surface area contributed by atoms with E-state index in [2.05, 4.69) is 40.3 Å². The molecular weight excluding hydrogens is 300 g/mol. The molecule has 0 saturated heterocycles. The molecule has 0 aromatic rings. The number of carbonyl (C=O) groups is 1. The third-order valence-corrected chi connectivity index (χ3v) is 7.80. The van der Waals surface area contributed by atoms with Crippen LogP contribution in [0.5, 0.6) is 0 Å². The quantitative estimate of drug-likeness (QED) is 0.353. The topological polar surface area (TPSA) is 17.1 Å². The standard InChI is InChI=1S/C21H36OS/c1-5-12-21(4)16(10-14-22)7-8-17-18(11-15-23)20(3,6-2)13-9-19(17)21/h10,14,17-19,23H,5-9,11-13,15H2,1-4H3/b16-10-. The van der Waals surface area contributed by atoms with Gasteiger partial charge in [0.2, 0.25) is 0 Å². The minimum Gasteiger partial charge on any atom is -0.299 e. The molecule has 0 aromatic heterocycles. The van der Waals surface area contributed by atoms with Gasteiger partial charge in [-0.15, -0.1) is 0 Å². The van der Waals surface area contributed by atoms with Crippen LogP contribution in [0.4, 0.5) is 0 Å². The second-order valence-corrected chi connectivity index (χ2v) is 8.92. The molecule has 2 saturated carbocycles. The van der Waals surface area contributed by atoms with E-state index in [4.69, 9.17) is 0 Å². The van der Waals surface area contributed by atoms with Crippen molar-refractivity contribution in [2.24, 2.45) is 28.6 Å². The molecule has 0 N–H and O–H groups in total. The molecule has 132 valence electrons. The number of carbonyl (C=O) groups excluding carboxylic acids is 1. The maximum atomic E-state index is 11.2. The van der Waals surface area contributed by atoms with Crippen molar-refractivity contribution < 1.29 is 4.79 Å². The van der Waals surface area contributed by atoms with Gasteiger partial charge >= 0.3 is 0 Å². The molecule has 5 unspecified atom stereocenters. The maximum Gasteiger partial charge on any atom is 0.142 e. The zero-order chi connectivity index (χ0) is 17.1. The Morgan fingerprint density at radius 2 is 2.00 bits per heavy atom. The first-order valence-corrected chi connectivity index (χ1v) is 10.4. The van der Waals surface area contributed by atoms with Gasteiger partial charge in [0.1, 0.15) is 6.29 Å². The fraction of sp³-hybridized carbons (Fsp3) is 0.857. The summed E-state index contributed by atoms with van der Waals surface area (Å²) in [4.78, 5) is 11.2. The molecule has 0 spiro atoms. The van der Waals surface area contributed by atoms with Crippen LogP contribution in [0.15, 0.2) is 11.6 Å². The van der Waals surface area contributed by atoms with Crippen LogP contribution in [0.2, 0.25) is 0 Å². The molecule has 0 aliphatic heterocycles. The van der Waals surface area contributed by atoms with Crippen LogP contribution in [0.1, 0.15) is 79.1 Å². The molecule has 2 rings (SSSR count). The number of fused-ring (bicyclic) bond motifs is 1. The van der Waals surface area contributed by atoms with E-state index in [0.29, 0.717) is 5.41 Å². The van der Waals surface area contributed by atoms with E-state index >= 15 is 0 Å². The lowest BCUT2D eigenvalue weighted by molar-refractivity contribution is -0.104. The molecule has 0 aromatic carbocycles. The number of hydrogen-bond acceptors (Lipinski definition) is 2. The number of rotatable bonds is 6. The van der Waals surface area contributed by atoms with Crippen LogP contribution in [0, 0.1) is 28.6 Å². The van der Waals surface area contributed by atoms with E-state index in [1.54, 1.807) is 0 Å². The molecule has 0 amide bonds. The molecule has 2 aliphatic carbocycles. The SMILES string of the molecule is CCCC1(C)/C(=C\C=O)CCC2C(CCS)C(C)(CC)CCC21. The van der Waals surface area contributed by atoms with Crippen LogP contribution in [0.25, 0.3) is 0 Å². The van der Waals surface area contributed by atoms with E-state index in [1.165, 1.54) is 50.5 Å². The number of thiol groups is 1. The largest absolute Gasteiger partial charge is 0.299 e. The summed E-state index contributed by atoms with van der Waals surface area (Å²) in [5, 5.41) is 0. The van der Waals surface area contributed by atoms with Gasteiger partial charge in [-0.1, -0.05) is 46.1 Å². The Bertz CT molecular complexity index is 443. The second kappa shape index (κ2) is 7.76. The van der Waals surface area contributed by atoms with Crippen LogP contribution in [-0.2, 0) is 4.79 Å². The van der Waals surface area contributed by atoms with Crippen molar-refractivity contribution in [2.45, 2.75) is 79.1 Å². The van der Waals surface area contributed by atoms with Crippen molar-refractivity contribution >= 4 is 18.9 Å². The summed E-state index contributed by atoms with van der Waals surface area (Å²) >= 11 is 4.58. The summed E-state index contributed by atoms with van der Waals surface area (Å²) in [7, 11) is 0. The summed E-state index contributed by atoms with van der Waals surface area (Å²) in [6.07, 6.45) is 13.0. The lowest BCUT2D eigenvalue weighted by Gasteiger charge is -2.58. The lowest BCUT2D eigenvalue weighted by atomic mass is 9.47. The molecule has 1 nitrogen and oxygen atoms in total. The van der Waals surface area contributed by atoms with E-state index in [0.717, 1.165) is 36.2 Å². The zero-order valence-electron chi connectivity index (χ0n) is 15.6. The van der Waals surface area contributed by atoms with E-state index < -0.39 is 0 Å². The summed E-state index contributed by atoms with van der Waals surface area (Å²) in [6.45, 7) is 9.63. The Labute approximate surface area is 149 Å². The van der Waals surface area contributed by atoms with Crippen LogP contribution in [0.3, 0.4) is 0 Å². The number of aldehydes is 1. The summed E-state index contributed by atoms with van der Waals surface area (Å²) in [5.74, 6) is 3.39. The highest BCUT2D eigenvalue weighted by molar-refractivity contribution is 7.80. The van der Waals surface area contributed by atoms with Crippen molar-refractivity contribution in [3.8, 4) is 0 Å². The zero-order valence-corrected chi connectivity index (χ0v) is 16.5. The van der Waals surface area contributed by atoms with Crippen LogP contribution >= 0.6 is 12.6 Å². The predicted octanol–water partition coefficient (Wildman–Crippen LogP) is 6.09. The highest BCUT2D eigenvalue weighted by atomic mass is 32.1. The van der Waals surface area contributed by atoms with Crippen molar-refractivity contribution in [2.75, 3.05) is 5.75 Å². The third kappa shape index (κ3) is 3.43. The summed E-state index contributed by atoms with van der Waals surface area (Å²) in [5.41, 5.74) is 2.16. The third-order valence-electron chi connectivity index (χ3n) is 7.54.